The lowest BCUT2D eigenvalue weighted by molar-refractivity contribution is 0.529. The van der Waals surface area contributed by atoms with E-state index in [2.05, 4.69) is 69.3 Å². The zero-order valence-electron chi connectivity index (χ0n) is 23.2. The van der Waals surface area contributed by atoms with Crippen molar-refractivity contribution in [1.29, 1.82) is 0 Å². The molecule has 0 atom stereocenters. The van der Waals surface area contributed by atoms with Crippen LogP contribution in [0.1, 0.15) is 146 Å². The highest BCUT2D eigenvalue weighted by molar-refractivity contribution is 6.23. The molecule has 0 heterocycles. The van der Waals surface area contributed by atoms with Crippen LogP contribution in [0, 0.1) is 0 Å². The van der Waals surface area contributed by atoms with Gasteiger partial charge < -0.3 is 0 Å². The van der Waals surface area contributed by atoms with Gasteiger partial charge >= 0.3 is 0 Å². The van der Waals surface area contributed by atoms with Gasteiger partial charge in [0.2, 0.25) is 0 Å². The molecule has 0 aliphatic carbocycles. The lowest BCUT2D eigenvalue weighted by atomic mass is 9.87. The second kappa shape index (κ2) is 18.0. The second-order valence-corrected chi connectivity index (χ2v) is 12.1. The number of unbranched alkanes of at least 4 members (excludes halogenated alkanes) is 15. The summed E-state index contributed by atoms with van der Waals surface area (Å²) >= 11 is 6.80. The van der Waals surface area contributed by atoms with E-state index >= 15 is 0 Å². The lowest BCUT2D eigenvalue weighted by Gasteiger charge is -2.23. The molecule has 1 heteroatoms. The third-order valence-electron chi connectivity index (χ3n) is 7.44. The SMILES string of the molecule is CCCCCCCCCCCCCCCCCCc1cccc(C(C)(C)Cl)c1Cc1ccccc1. The normalized spacial score (nSPS) is 11.8. The zero-order chi connectivity index (χ0) is 25.2. The minimum Gasteiger partial charge on any atom is -0.115 e. The Morgan fingerprint density at radius 1 is 0.571 bits per heavy atom. The summed E-state index contributed by atoms with van der Waals surface area (Å²) in [6.07, 6.45) is 24.8. The van der Waals surface area contributed by atoms with Crippen molar-refractivity contribution >= 4 is 11.6 Å². The van der Waals surface area contributed by atoms with Gasteiger partial charge in [0, 0.05) is 0 Å². The maximum Gasteiger partial charge on any atom is 0.0641 e. The molecule has 0 aliphatic rings. The Bertz CT molecular complexity index is 771. The molecule has 0 unspecified atom stereocenters. The Kier molecular flexibility index (Phi) is 15.4. The standard InChI is InChI=1S/C34H53Cl/c1-4-5-6-7-8-9-10-11-12-13-14-15-16-17-18-22-26-31-27-23-28-33(34(2,3)35)32(31)29-30-24-20-19-21-25-30/h19-21,23-25,27-28H,4-18,22,26,29H2,1-3H3. The van der Waals surface area contributed by atoms with Gasteiger partial charge in [-0.3, -0.25) is 0 Å². The van der Waals surface area contributed by atoms with Crippen molar-refractivity contribution in [1.82, 2.24) is 0 Å². The van der Waals surface area contributed by atoms with E-state index in [1.807, 2.05) is 0 Å². The highest BCUT2D eigenvalue weighted by Gasteiger charge is 2.22. The molecule has 196 valence electrons. The van der Waals surface area contributed by atoms with Crippen LogP contribution >= 0.6 is 11.6 Å². The number of hydrogen-bond acceptors (Lipinski definition) is 0. The summed E-state index contributed by atoms with van der Waals surface area (Å²) in [6.45, 7) is 6.54. The molecule has 0 bridgehead atoms. The average Bonchev–Trinajstić information content (AvgIpc) is 2.84. The summed E-state index contributed by atoms with van der Waals surface area (Å²) in [5.74, 6) is 0. The molecule has 2 rings (SSSR count). The minimum absolute atomic E-state index is 0.339. The van der Waals surface area contributed by atoms with Gasteiger partial charge in [-0.1, -0.05) is 152 Å². The number of aryl methyl sites for hydroxylation is 1. The molecule has 0 nitrogen and oxygen atoms in total. The Morgan fingerprint density at radius 2 is 1.06 bits per heavy atom. The van der Waals surface area contributed by atoms with Gasteiger partial charge in [-0.25, -0.2) is 0 Å². The van der Waals surface area contributed by atoms with Crippen LogP contribution in [0.4, 0.5) is 0 Å². The van der Waals surface area contributed by atoms with Crippen molar-refractivity contribution in [3.8, 4) is 0 Å². The molecule has 0 amide bonds. The van der Waals surface area contributed by atoms with E-state index in [1.165, 1.54) is 131 Å². The smallest absolute Gasteiger partial charge is 0.0641 e. The fourth-order valence-electron chi connectivity index (χ4n) is 5.30. The topological polar surface area (TPSA) is 0 Å². The predicted octanol–water partition coefficient (Wildman–Crippen LogP) is 11.6. The van der Waals surface area contributed by atoms with Crippen molar-refractivity contribution in [2.24, 2.45) is 0 Å². The van der Waals surface area contributed by atoms with Crippen LogP contribution in [0.25, 0.3) is 0 Å². The monoisotopic (exact) mass is 496 g/mol. The first-order valence-corrected chi connectivity index (χ1v) is 15.2. The summed E-state index contributed by atoms with van der Waals surface area (Å²) in [6, 6.07) is 17.6. The number of alkyl halides is 1. The van der Waals surface area contributed by atoms with Crippen molar-refractivity contribution in [2.45, 2.75) is 141 Å². The fraction of sp³-hybridized carbons (Fsp3) is 0.647. The third kappa shape index (κ3) is 13.0. The minimum atomic E-state index is -0.339. The summed E-state index contributed by atoms with van der Waals surface area (Å²) in [5.41, 5.74) is 5.59. The summed E-state index contributed by atoms with van der Waals surface area (Å²) < 4.78 is 0. The molecule has 0 radical (unpaired) electrons. The molecule has 2 aromatic rings. The lowest BCUT2D eigenvalue weighted by Crippen LogP contribution is -2.13. The number of benzene rings is 2. The van der Waals surface area contributed by atoms with Crippen LogP contribution in [0.2, 0.25) is 0 Å². The van der Waals surface area contributed by atoms with E-state index in [4.69, 9.17) is 11.6 Å². The fourth-order valence-corrected chi connectivity index (χ4v) is 5.48. The third-order valence-corrected chi connectivity index (χ3v) is 7.64. The molecule has 0 spiro atoms. The van der Waals surface area contributed by atoms with Crippen molar-refractivity contribution < 1.29 is 0 Å². The number of rotatable bonds is 20. The molecule has 0 saturated heterocycles. The van der Waals surface area contributed by atoms with Crippen LogP contribution in [0.3, 0.4) is 0 Å². The molecular formula is C34H53Cl. The highest BCUT2D eigenvalue weighted by atomic mass is 35.5. The van der Waals surface area contributed by atoms with Gasteiger partial charge in [-0.2, -0.15) is 0 Å². The molecule has 0 fully saturated rings. The van der Waals surface area contributed by atoms with E-state index in [0.29, 0.717) is 0 Å². The summed E-state index contributed by atoms with van der Waals surface area (Å²) in [7, 11) is 0. The average molecular weight is 497 g/mol. The zero-order valence-corrected chi connectivity index (χ0v) is 24.0. The van der Waals surface area contributed by atoms with Gasteiger partial charge in [-0.15, -0.1) is 11.6 Å². The van der Waals surface area contributed by atoms with Gasteiger partial charge in [-0.05, 0) is 55.4 Å². The first-order chi connectivity index (χ1) is 17.0. The first-order valence-electron chi connectivity index (χ1n) is 14.9. The van der Waals surface area contributed by atoms with E-state index in [1.54, 1.807) is 0 Å². The molecule has 0 aromatic heterocycles. The van der Waals surface area contributed by atoms with Crippen LogP contribution in [0.5, 0.6) is 0 Å². The van der Waals surface area contributed by atoms with Gasteiger partial charge in [0.1, 0.15) is 0 Å². The van der Waals surface area contributed by atoms with Crippen molar-refractivity contribution in [2.75, 3.05) is 0 Å². The Hall–Kier alpha value is -1.27. The van der Waals surface area contributed by atoms with Gasteiger partial charge in [0.05, 0.1) is 4.87 Å². The molecule has 2 aromatic carbocycles. The van der Waals surface area contributed by atoms with E-state index in [0.717, 1.165) is 6.42 Å². The predicted molar refractivity (Wildman–Crippen MR) is 158 cm³/mol. The Labute approximate surface area is 223 Å². The van der Waals surface area contributed by atoms with E-state index in [9.17, 15) is 0 Å². The van der Waals surface area contributed by atoms with Gasteiger partial charge in [0.25, 0.3) is 0 Å². The van der Waals surface area contributed by atoms with Crippen LogP contribution in [0.15, 0.2) is 48.5 Å². The number of hydrogen-bond donors (Lipinski definition) is 0. The number of halogens is 1. The Balaban J connectivity index is 1.61. The van der Waals surface area contributed by atoms with Crippen molar-refractivity contribution in [3.63, 3.8) is 0 Å². The molecule has 35 heavy (non-hydrogen) atoms. The highest BCUT2D eigenvalue weighted by Crippen LogP contribution is 2.34. The van der Waals surface area contributed by atoms with Crippen LogP contribution in [-0.4, -0.2) is 0 Å². The summed E-state index contributed by atoms with van der Waals surface area (Å²) in [5, 5.41) is 0. The molecule has 0 N–H and O–H groups in total. The van der Waals surface area contributed by atoms with Crippen LogP contribution < -0.4 is 0 Å². The molecule has 0 aliphatic heterocycles. The molecular weight excluding hydrogens is 444 g/mol. The second-order valence-electron chi connectivity index (χ2n) is 11.1. The maximum absolute atomic E-state index is 6.80. The quantitative estimate of drug-likeness (QED) is 0.126. The van der Waals surface area contributed by atoms with Crippen molar-refractivity contribution in [3.05, 3.63) is 70.8 Å². The van der Waals surface area contributed by atoms with E-state index < -0.39 is 0 Å². The summed E-state index contributed by atoms with van der Waals surface area (Å²) in [4.78, 5) is -0.339. The Morgan fingerprint density at radius 3 is 1.54 bits per heavy atom. The first kappa shape index (κ1) is 30.0. The van der Waals surface area contributed by atoms with Crippen LogP contribution in [-0.2, 0) is 17.7 Å². The maximum atomic E-state index is 6.80. The van der Waals surface area contributed by atoms with Gasteiger partial charge in [0.15, 0.2) is 0 Å². The largest absolute Gasteiger partial charge is 0.115 e. The van der Waals surface area contributed by atoms with E-state index in [-0.39, 0.29) is 4.87 Å². The molecule has 0 saturated carbocycles.